The predicted octanol–water partition coefficient (Wildman–Crippen LogP) is 0.716. The second kappa shape index (κ2) is 5.41. The summed E-state index contributed by atoms with van der Waals surface area (Å²) >= 11 is 4.67. The third-order valence-electron chi connectivity index (χ3n) is 1.88. The molecular weight excluding hydrogens is 210 g/mol. The summed E-state index contributed by atoms with van der Waals surface area (Å²) in [5, 5.41) is 0. The molecule has 2 N–H and O–H groups in total. The minimum Gasteiger partial charge on any atom is -0.393 e. The minimum atomic E-state index is -0.0897. The van der Waals surface area contributed by atoms with E-state index in [4.69, 9.17) is 5.73 Å². The van der Waals surface area contributed by atoms with E-state index in [2.05, 4.69) is 17.2 Å². The molecule has 0 unspecified atom stereocenters. The summed E-state index contributed by atoms with van der Waals surface area (Å²) in [4.78, 5) is 17.4. The van der Waals surface area contributed by atoms with Gasteiger partial charge in [-0.2, -0.15) is 0 Å². The fourth-order valence-corrected chi connectivity index (χ4v) is 1.23. The minimum absolute atomic E-state index is 0.0897. The van der Waals surface area contributed by atoms with Crippen LogP contribution in [0.5, 0.6) is 0 Å². The summed E-state index contributed by atoms with van der Waals surface area (Å²) in [6.07, 6.45) is 1.81. The Balaban J connectivity index is 2.52. The molecule has 0 aliphatic rings. The van der Waals surface area contributed by atoms with Gasteiger partial charge in [0.15, 0.2) is 0 Å². The molecule has 4 nitrogen and oxygen atoms in total. The van der Waals surface area contributed by atoms with Crippen LogP contribution in [0.3, 0.4) is 0 Å². The molecule has 0 fully saturated rings. The molecular formula is C10H13N3OS. The van der Waals surface area contributed by atoms with Crippen LogP contribution >= 0.6 is 12.2 Å². The first kappa shape index (κ1) is 11.6. The zero-order chi connectivity index (χ0) is 11.3. The number of nitrogens with zero attached hydrogens (tertiary/aromatic N) is 2. The standard InChI is InChI=1S/C10H13N3OS/c1-13(10(14)6-9(11)15)7-8-4-2-3-5-12-8/h2-5H,6-7H2,1H3,(H2,11,15). The smallest absolute Gasteiger partial charge is 0.229 e. The van der Waals surface area contributed by atoms with Crippen LogP contribution in [0, 0.1) is 0 Å². The molecule has 15 heavy (non-hydrogen) atoms. The number of hydrogen-bond donors (Lipinski definition) is 1. The second-order valence-electron chi connectivity index (χ2n) is 3.21. The number of hydrogen-bond acceptors (Lipinski definition) is 3. The molecule has 1 aromatic heterocycles. The van der Waals surface area contributed by atoms with Crippen LogP contribution in [-0.2, 0) is 11.3 Å². The van der Waals surface area contributed by atoms with Gasteiger partial charge in [0.1, 0.15) is 0 Å². The maximum absolute atomic E-state index is 11.5. The lowest BCUT2D eigenvalue weighted by molar-refractivity contribution is -0.129. The van der Waals surface area contributed by atoms with Crippen molar-refractivity contribution >= 4 is 23.1 Å². The van der Waals surface area contributed by atoms with E-state index in [0.29, 0.717) is 6.54 Å². The van der Waals surface area contributed by atoms with Gasteiger partial charge < -0.3 is 10.6 Å². The first-order valence-corrected chi connectivity index (χ1v) is 4.92. The van der Waals surface area contributed by atoms with Gasteiger partial charge in [-0.3, -0.25) is 9.78 Å². The van der Waals surface area contributed by atoms with Gasteiger partial charge in [-0.1, -0.05) is 18.3 Å². The van der Waals surface area contributed by atoms with Crippen molar-refractivity contribution in [2.45, 2.75) is 13.0 Å². The molecule has 0 saturated heterocycles. The third kappa shape index (κ3) is 4.03. The maximum atomic E-state index is 11.5. The summed E-state index contributed by atoms with van der Waals surface area (Å²) in [6.45, 7) is 0.474. The van der Waals surface area contributed by atoms with E-state index in [1.165, 1.54) is 0 Å². The zero-order valence-electron chi connectivity index (χ0n) is 8.51. The number of pyridine rings is 1. The molecule has 0 aliphatic carbocycles. The number of amides is 1. The van der Waals surface area contributed by atoms with E-state index >= 15 is 0 Å². The van der Waals surface area contributed by atoms with E-state index in [0.717, 1.165) is 5.69 Å². The maximum Gasteiger partial charge on any atom is 0.229 e. The summed E-state index contributed by atoms with van der Waals surface area (Å²) in [5.74, 6) is -0.0897. The van der Waals surface area contributed by atoms with Gasteiger partial charge in [0.25, 0.3) is 0 Å². The summed E-state index contributed by atoms with van der Waals surface area (Å²) < 4.78 is 0. The molecule has 80 valence electrons. The molecule has 0 bridgehead atoms. The Morgan fingerprint density at radius 3 is 2.87 bits per heavy atom. The fraction of sp³-hybridized carbons (Fsp3) is 0.300. The number of thiocarbonyl (C=S) groups is 1. The van der Waals surface area contributed by atoms with Crippen molar-refractivity contribution < 1.29 is 4.79 Å². The number of carbonyl (C=O) groups is 1. The molecule has 0 spiro atoms. The highest BCUT2D eigenvalue weighted by molar-refractivity contribution is 7.80. The first-order valence-electron chi connectivity index (χ1n) is 4.52. The number of rotatable bonds is 4. The highest BCUT2D eigenvalue weighted by Crippen LogP contribution is 2.00. The van der Waals surface area contributed by atoms with Crippen molar-refractivity contribution in [1.82, 2.24) is 9.88 Å². The van der Waals surface area contributed by atoms with Gasteiger partial charge >= 0.3 is 0 Å². The average Bonchev–Trinajstić information content (AvgIpc) is 2.18. The molecule has 0 saturated carbocycles. The lowest BCUT2D eigenvalue weighted by Gasteiger charge is -2.16. The van der Waals surface area contributed by atoms with Crippen LogP contribution in [-0.4, -0.2) is 27.8 Å². The molecule has 1 aromatic rings. The number of carbonyl (C=O) groups excluding carboxylic acids is 1. The Morgan fingerprint density at radius 2 is 2.33 bits per heavy atom. The van der Waals surface area contributed by atoms with Crippen LogP contribution in [0.15, 0.2) is 24.4 Å². The highest BCUT2D eigenvalue weighted by Gasteiger charge is 2.10. The van der Waals surface area contributed by atoms with Crippen molar-refractivity contribution in [3.05, 3.63) is 30.1 Å². The normalized spacial score (nSPS) is 9.67. The van der Waals surface area contributed by atoms with Crippen LogP contribution in [0.4, 0.5) is 0 Å². The number of nitrogens with two attached hydrogens (primary N) is 1. The molecule has 1 heterocycles. The van der Waals surface area contributed by atoms with E-state index in [1.807, 2.05) is 18.2 Å². The lowest BCUT2D eigenvalue weighted by Crippen LogP contribution is -2.29. The summed E-state index contributed by atoms with van der Waals surface area (Å²) in [7, 11) is 1.70. The second-order valence-corrected chi connectivity index (χ2v) is 3.74. The van der Waals surface area contributed by atoms with Crippen molar-refractivity contribution in [3.63, 3.8) is 0 Å². The Labute approximate surface area is 94.1 Å². The summed E-state index contributed by atoms with van der Waals surface area (Å²) in [5.41, 5.74) is 6.14. The molecule has 1 rings (SSSR count). The molecule has 0 atom stereocenters. The molecule has 0 aliphatic heterocycles. The fourth-order valence-electron chi connectivity index (χ4n) is 1.11. The van der Waals surface area contributed by atoms with Gasteiger partial charge in [-0.15, -0.1) is 0 Å². The Morgan fingerprint density at radius 1 is 1.60 bits per heavy atom. The van der Waals surface area contributed by atoms with Crippen molar-refractivity contribution in [3.8, 4) is 0 Å². The van der Waals surface area contributed by atoms with E-state index in [1.54, 1.807) is 18.1 Å². The van der Waals surface area contributed by atoms with E-state index in [-0.39, 0.29) is 17.3 Å². The predicted molar refractivity (Wildman–Crippen MR) is 62.1 cm³/mol. The zero-order valence-corrected chi connectivity index (χ0v) is 9.33. The SMILES string of the molecule is CN(Cc1ccccn1)C(=O)CC(N)=S. The van der Waals surface area contributed by atoms with Gasteiger partial charge in [0.2, 0.25) is 5.91 Å². The highest BCUT2D eigenvalue weighted by atomic mass is 32.1. The van der Waals surface area contributed by atoms with Crippen LogP contribution in [0.2, 0.25) is 0 Å². The van der Waals surface area contributed by atoms with Gasteiger partial charge in [0.05, 0.1) is 23.6 Å². The van der Waals surface area contributed by atoms with Crippen molar-refractivity contribution in [2.24, 2.45) is 5.73 Å². The largest absolute Gasteiger partial charge is 0.393 e. The molecule has 1 amide bonds. The monoisotopic (exact) mass is 223 g/mol. The van der Waals surface area contributed by atoms with Crippen molar-refractivity contribution in [2.75, 3.05) is 7.05 Å². The Hall–Kier alpha value is -1.49. The van der Waals surface area contributed by atoms with Crippen LogP contribution in [0.1, 0.15) is 12.1 Å². The van der Waals surface area contributed by atoms with Crippen molar-refractivity contribution in [1.29, 1.82) is 0 Å². The number of aromatic nitrogens is 1. The van der Waals surface area contributed by atoms with Gasteiger partial charge in [-0.05, 0) is 12.1 Å². The molecule has 0 radical (unpaired) electrons. The molecule has 5 heteroatoms. The molecule has 0 aromatic carbocycles. The van der Waals surface area contributed by atoms with Crippen LogP contribution in [0.25, 0.3) is 0 Å². The summed E-state index contributed by atoms with van der Waals surface area (Å²) in [6, 6.07) is 5.58. The Bertz CT molecular complexity index is 353. The lowest BCUT2D eigenvalue weighted by atomic mass is 10.3. The van der Waals surface area contributed by atoms with Gasteiger partial charge in [-0.25, -0.2) is 0 Å². The van der Waals surface area contributed by atoms with Crippen LogP contribution < -0.4 is 5.73 Å². The quantitative estimate of drug-likeness (QED) is 0.764. The van der Waals surface area contributed by atoms with Gasteiger partial charge in [0, 0.05) is 13.2 Å². The van der Waals surface area contributed by atoms with E-state index in [9.17, 15) is 4.79 Å². The topological polar surface area (TPSA) is 59.2 Å². The Kier molecular flexibility index (Phi) is 4.17. The van der Waals surface area contributed by atoms with E-state index < -0.39 is 0 Å². The first-order chi connectivity index (χ1) is 7.09. The average molecular weight is 223 g/mol. The third-order valence-corrected chi connectivity index (χ3v) is 2.02.